The standard InChI is InChI=1S/C33H36N6O4/c1-21-20-43-32(37-21)29-10-6-14-39(29)33(42)25-17-23(28-19-34-12-13-36-28)16-24(18-25)31(41)38-27(15-22-7-3-2-4-8-22)30(40)26-9-5-11-35-26/h2-4,7-8,12-13,16-20,26-27,29-30,35,40H,5-6,9-11,14-15H2,1H3,(H,38,41)/t26?,27-,29?,30+/m0/s1. The van der Waals surface area contributed by atoms with Crippen LogP contribution in [0.3, 0.4) is 0 Å². The molecule has 2 aromatic heterocycles. The van der Waals surface area contributed by atoms with E-state index in [-0.39, 0.29) is 23.9 Å². The molecule has 0 radical (unpaired) electrons. The van der Waals surface area contributed by atoms with Crippen LogP contribution in [-0.4, -0.2) is 68.0 Å². The van der Waals surface area contributed by atoms with E-state index in [2.05, 4.69) is 25.6 Å². The van der Waals surface area contributed by atoms with Gasteiger partial charge in [0, 0.05) is 41.7 Å². The van der Waals surface area contributed by atoms with Crippen molar-refractivity contribution in [2.24, 2.45) is 0 Å². The highest BCUT2D eigenvalue weighted by Crippen LogP contribution is 2.33. The van der Waals surface area contributed by atoms with Gasteiger partial charge in [-0.25, -0.2) is 4.98 Å². The van der Waals surface area contributed by atoms with Crippen molar-refractivity contribution in [3.8, 4) is 11.3 Å². The Kier molecular flexibility index (Phi) is 8.57. The maximum Gasteiger partial charge on any atom is 0.254 e. The second kappa shape index (κ2) is 12.8. The second-order valence-corrected chi connectivity index (χ2v) is 11.3. The molecule has 2 aromatic carbocycles. The summed E-state index contributed by atoms with van der Waals surface area (Å²) in [5, 5.41) is 17.8. The quantitative estimate of drug-likeness (QED) is 0.272. The minimum atomic E-state index is -0.787. The molecule has 2 aliphatic heterocycles. The molecular weight excluding hydrogens is 544 g/mol. The number of oxazole rings is 1. The Morgan fingerprint density at radius 1 is 1.12 bits per heavy atom. The minimum Gasteiger partial charge on any atom is -0.446 e. The third kappa shape index (κ3) is 6.50. The number of hydrogen-bond donors (Lipinski definition) is 3. The highest BCUT2D eigenvalue weighted by Gasteiger charge is 2.35. The second-order valence-electron chi connectivity index (χ2n) is 11.3. The number of aliphatic hydroxyl groups excluding tert-OH is 1. The number of aryl methyl sites for hydroxylation is 1. The number of likely N-dealkylation sites (tertiary alicyclic amines) is 1. The molecule has 2 saturated heterocycles. The fourth-order valence-corrected chi connectivity index (χ4v) is 6.10. The molecule has 2 aliphatic rings. The molecule has 10 nitrogen and oxygen atoms in total. The van der Waals surface area contributed by atoms with E-state index >= 15 is 0 Å². The van der Waals surface area contributed by atoms with Crippen LogP contribution in [0.2, 0.25) is 0 Å². The molecule has 0 aliphatic carbocycles. The van der Waals surface area contributed by atoms with Crippen LogP contribution in [0.5, 0.6) is 0 Å². The van der Waals surface area contributed by atoms with Crippen LogP contribution in [0.25, 0.3) is 11.3 Å². The number of benzene rings is 2. The van der Waals surface area contributed by atoms with Gasteiger partial charge in [0.2, 0.25) is 5.89 Å². The Hall–Kier alpha value is -4.41. The van der Waals surface area contributed by atoms with Crippen molar-refractivity contribution in [1.82, 2.24) is 30.5 Å². The molecule has 0 spiro atoms. The van der Waals surface area contributed by atoms with E-state index in [9.17, 15) is 14.7 Å². The monoisotopic (exact) mass is 580 g/mol. The van der Waals surface area contributed by atoms with E-state index in [1.807, 2.05) is 37.3 Å². The van der Waals surface area contributed by atoms with E-state index in [1.54, 1.807) is 48.0 Å². The minimum absolute atomic E-state index is 0.108. The van der Waals surface area contributed by atoms with Gasteiger partial charge in [-0.05, 0) is 69.3 Å². The van der Waals surface area contributed by atoms with E-state index in [1.165, 1.54) is 0 Å². The van der Waals surface area contributed by atoms with Gasteiger partial charge in [0.15, 0.2) is 0 Å². The Bertz CT molecular complexity index is 1550. The summed E-state index contributed by atoms with van der Waals surface area (Å²) in [7, 11) is 0. The normalized spacial score (nSPS) is 19.7. The predicted molar refractivity (Wildman–Crippen MR) is 160 cm³/mol. The lowest BCUT2D eigenvalue weighted by Crippen LogP contribution is -2.52. The van der Waals surface area contributed by atoms with Gasteiger partial charge in [-0.15, -0.1) is 0 Å². The molecule has 2 amide bonds. The first-order valence-electron chi connectivity index (χ1n) is 14.9. The largest absolute Gasteiger partial charge is 0.446 e. The van der Waals surface area contributed by atoms with Crippen molar-refractivity contribution in [3.63, 3.8) is 0 Å². The van der Waals surface area contributed by atoms with Crippen LogP contribution in [0.4, 0.5) is 0 Å². The molecular formula is C33H36N6O4. The lowest BCUT2D eigenvalue weighted by Gasteiger charge is -2.29. The zero-order valence-corrected chi connectivity index (χ0v) is 24.1. The van der Waals surface area contributed by atoms with Gasteiger partial charge < -0.3 is 25.1 Å². The lowest BCUT2D eigenvalue weighted by molar-refractivity contribution is 0.0715. The highest BCUT2D eigenvalue weighted by atomic mass is 16.3. The van der Waals surface area contributed by atoms with Crippen LogP contribution in [0.1, 0.15) is 69.6 Å². The van der Waals surface area contributed by atoms with Crippen LogP contribution >= 0.6 is 0 Å². The number of carbonyl (C=O) groups excluding carboxylic acids is 2. The summed E-state index contributed by atoms with van der Waals surface area (Å²) in [6.45, 7) is 3.25. The van der Waals surface area contributed by atoms with Crippen molar-refractivity contribution >= 4 is 11.8 Å². The molecule has 3 N–H and O–H groups in total. The smallest absolute Gasteiger partial charge is 0.254 e. The Labute approximate surface area is 250 Å². The maximum absolute atomic E-state index is 14.0. The van der Waals surface area contributed by atoms with Gasteiger partial charge in [-0.1, -0.05) is 30.3 Å². The number of hydrogen-bond acceptors (Lipinski definition) is 8. The fraction of sp³-hybridized carbons (Fsp3) is 0.364. The van der Waals surface area contributed by atoms with Crippen molar-refractivity contribution in [2.45, 2.75) is 63.3 Å². The van der Waals surface area contributed by atoms with Crippen molar-refractivity contribution in [1.29, 1.82) is 0 Å². The van der Waals surface area contributed by atoms with Gasteiger partial charge in [0.1, 0.15) is 12.3 Å². The van der Waals surface area contributed by atoms with Crippen molar-refractivity contribution in [3.05, 3.63) is 102 Å². The molecule has 0 bridgehead atoms. The molecule has 4 heterocycles. The summed E-state index contributed by atoms with van der Waals surface area (Å²) in [5.74, 6) is -0.0714. The average molecular weight is 581 g/mol. The number of aromatic nitrogens is 3. The van der Waals surface area contributed by atoms with E-state index in [4.69, 9.17) is 4.42 Å². The summed E-state index contributed by atoms with van der Waals surface area (Å²) < 4.78 is 5.66. The third-order valence-corrected chi connectivity index (χ3v) is 8.27. The number of amides is 2. The first-order valence-corrected chi connectivity index (χ1v) is 14.9. The summed E-state index contributed by atoms with van der Waals surface area (Å²) in [6.07, 6.45) is 9.41. The number of carbonyl (C=O) groups is 2. The summed E-state index contributed by atoms with van der Waals surface area (Å²) in [5.41, 5.74) is 3.58. The first kappa shape index (κ1) is 28.7. The van der Waals surface area contributed by atoms with Crippen molar-refractivity contribution < 1.29 is 19.1 Å². The van der Waals surface area contributed by atoms with Gasteiger partial charge >= 0.3 is 0 Å². The summed E-state index contributed by atoms with van der Waals surface area (Å²) in [6, 6.07) is 14.0. The lowest BCUT2D eigenvalue weighted by atomic mass is 9.94. The van der Waals surface area contributed by atoms with Gasteiger partial charge in [-0.3, -0.25) is 19.6 Å². The number of rotatable bonds is 9. The number of nitrogens with zero attached hydrogens (tertiary/aromatic N) is 4. The summed E-state index contributed by atoms with van der Waals surface area (Å²) >= 11 is 0. The van der Waals surface area contributed by atoms with Gasteiger partial charge in [0.25, 0.3) is 11.8 Å². The zero-order chi connectivity index (χ0) is 29.8. The Balaban J connectivity index is 1.32. The Morgan fingerprint density at radius 3 is 2.67 bits per heavy atom. The molecule has 6 rings (SSSR count). The Morgan fingerprint density at radius 2 is 1.95 bits per heavy atom. The van der Waals surface area contributed by atoms with Crippen LogP contribution < -0.4 is 10.6 Å². The fourth-order valence-electron chi connectivity index (χ4n) is 6.10. The van der Waals surface area contributed by atoms with Crippen LogP contribution in [0.15, 0.2) is 77.8 Å². The third-order valence-electron chi connectivity index (χ3n) is 8.27. The SMILES string of the molecule is Cc1coc(C2CCCN2C(=O)c2cc(C(=O)N[C@@H](Cc3ccccc3)[C@H](O)C3CCCN3)cc(-c3cnccn3)c2)n1. The first-order chi connectivity index (χ1) is 21.0. The van der Waals surface area contributed by atoms with Crippen LogP contribution in [0, 0.1) is 6.92 Å². The average Bonchev–Trinajstić information content (AvgIpc) is 3.83. The molecule has 4 atom stereocenters. The number of nitrogens with one attached hydrogen (secondary N) is 2. The summed E-state index contributed by atoms with van der Waals surface area (Å²) in [4.78, 5) is 42.7. The highest BCUT2D eigenvalue weighted by molar-refractivity contribution is 6.01. The van der Waals surface area contributed by atoms with Crippen LogP contribution in [-0.2, 0) is 6.42 Å². The van der Waals surface area contributed by atoms with E-state index < -0.39 is 12.1 Å². The molecule has 222 valence electrons. The van der Waals surface area contributed by atoms with Gasteiger partial charge in [0.05, 0.1) is 29.7 Å². The van der Waals surface area contributed by atoms with Crippen molar-refractivity contribution in [2.75, 3.05) is 13.1 Å². The van der Waals surface area contributed by atoms with E-state index in [0.29, 0.717) is 41.2 Å². The molecule has 0 saturated carbocycles. The number of aliphatic hydroxyl groups is 1. The molecule has 2 fully saturated rings. The molecule has 2 unspecified atom stereocenters. The predicted octanol–water partition coefficient (Wildman–Crippen LogP) is 3.87. The molecule has 10 heteroatoms. The van der Waals surface area contributed by atoms with E-state index in [0.717, 1.165) is 43.5 Å². The molecule has 4 aromatic rings. The zero-order valence-electron chi connectivity index (χ0n) is 24.1. The van der Waals surface area contributed by atoms with Gasteiger partial charge in [-0.2, -0.15) is 0 Å². The molecule has 43 heavy (non-hydrogen) atoms. The topological polar surface area (TPSA) is 133 Å². The maximum atomic E-state index is 14.0.